The van der Waals surface area contributed by atoms with E-state index in [4.69, 9.17) is 4.74 Å². The van der Waals surface area contributed by atoms with E-state index in [-0.39, 0.29) is 5.97 Å². The zero-order valence-corrected chi connectivity index (χ0v) is 10.9. The molecule has 1 N–H and O–H groups in total. The van der Waals surface area contributed by atoms with Gasteiger partial charge in [0.25, 0.3) is 0 Å². The fourth-order valence-electron chi connectivity index (χ4n) is 1.84. The maximum absolute atomic E-state index is 11.7. The Morgan fingerprint density at radius 1 is 1.39 bits per heavy atom. The SMILES string of the molecule is CC[C@H](C)COC(=O)Cc1c[nH]c2ccccc12. The molecule has 0 bridgehead atoms. The second-order valence-electron chi connectivity index (χ2n) is 4.73. The lowest BCUT2D eigenvalue weighted by Gasteiger charge is -2.09. The van der Waals surface area contributed by atoms with Crippen LogP contribution in [0.2, 0.25) is 0 Å². The first-order valence-electron chi connectivity index (χ1n) is 6.41. The third-order valence-electron chi connectivity index (χ3n) is 3.24. The number of benzene rings is 1. The molecule has 0 amide bonds. The van der Waals surface area contributed by atoms with Gasteiger partial charge in [-0.25, -0.2) is 0 Å². The highest BCUT2D eigenvalue weighted by Crippen LogP contribution is 2.18. The number of carbonyl (C=O) groups is 1. The molecule has 2 aromatic rings. The van der Waals surface area contributed by atoms with E-state index < -0.39 is 0 Å². The first-order valence-corrected chi connectivity index (χ1v) is 6.41. The number of carbonyl (C=O) groups excluding carboxylic acids is 1. The molecule has 0 fully saturated rings. The number of aromatic amines is 1. The smallest absolute Gasteiger partial charge is 0.310 e. The van der Waals surface area contributed by atoms with Crippen molar-refractivity contribution in [2.75, 3.05) is 6.61 Å². The van der Waals surface area contributed by atoms with Crippen LogP contribution in [0.25, 0.3) is 10.9 Å². The number of aromatic nitrogens is 1. The molecule has 1 aromatic carbocycles. The maximum Gasteiger partial charge on any atom is 0.310 e. The number of H-pyrrole nitrogens is 1. The summed E-state index contributed by atoms with van der Waals surface area (Å²) < 4.78 is 5.26. The highest BCUT2D eigenvalue weighted by molar-refractivity contribution is 5.87. The van der Waals surface area contributed by atoms with Crippen LogP contribution in [-0.4, -0.2) is 17.6 Å². The van der Waals surface area contributed by atoms with E-state index in [0.717, 1.165) is 22.9 Å². The molecular weight excluding hydrogens is 226 g/mol. The number of ether oxygens (including phenoxy) is 1. The van der Waals surface area contributed by atoms with E-state index in [0.29, 0.717) is 18.9 Å². The molecule has 0 aliphatic heterocycles. The topological polar surface area (TPSA) is 42.1 Å². The van der Waals surface area contributed by atoms with Crippen LogP contribution in [0.4, 0.5) is 0 Å². The minimum Gasteiger partial charge on any atom is -0.465 e. The van der Waals surface area contributed by atoms with Crippen molar-refractivity contribution in [1.29, 1.82) is 0 Å². The Morgan fingerprint density at radius 2 is 2.17 bits per heavy atom. The summed E-state index contributed by atoms with van der Waals surface area (Å²) in [7, 11) is 0. The Bertz CT molecular complexity index is 530. The first-order chi connectivity index (χ1) is 8.70. The minimum atomic E-state index is -0.153. The second-order valence-corrected chi connectivity index (χ2v) is 4.73. The molecule has 0 radical (unpaired) electrons. The van der Waals surface area contributed by atoms with Crippen molar-refractivity contribution >= 4 is 16.9 Å². The standard InChI is InChI=1S/C15H19NO2/c1-3-11(2)10-18-15(17)8-12-9-16-14-7-5-4-6-13(12)14/h4-7,9,11,16H,3,8,10H2,1-2H3/t11-/m0/s1. The number of rotatable bonds is 5. The zero-order chi connectivity index (χ0) is 13.0. The van der Waals surface area contributed by atoms with Gasteiger partial charge in [-0.1, -0.05) is 38.5 Å². The van der Waals surface area contributed by atoms with E-state index in [1.54, 1.807) is 0 Å². The molecular formula is C15H19NO2. The van der Waals surface area contributed by atoms with E-state index in [1.165, 1.54) is 0 Å². The average Bonchev–Trinajstić information content (AvgIpc) is 2.79. The second kappa shape index (κ2) is 5.71. The first kappa shape index (κ1) is 12.7. The molecule has 1 atom stereocenters. The Morgan fingerprint density at radius 3 is 2.94 bits per heavy atom. The normalized spacial score (nSPS) is 12.6. The van der Waals surface area contributed by atoms with E-state index in [1.807, 2.05) is 30.5 Å². The van der Waals surface area contributed by atoms with Gasteiger partial charge >= 0.3 is 5.97 Å². The summed E-state index contributed by atoms with van der Waals surface area (Å²) in [5, 5.41) is 1.10. The molecule has 3 nitrogen and oxygen atoms in total. The van der Waals surface area contributed by atoms with Gasteiger partial charge in [0.1, 0.15) is 0 Å². The van der Waals surface area contributed by atoms with Gasteiger partial charge in [0.05, 0.1) is 13.0 Å². The van der Waals surface area contributed by atoms with E-state index >= 15 is 0 Å². The van der Waals surface area contributed by atoms with Crippen molar-refractivity contribution in [3.05, 3.63) is 36.0 Å². The Hall–Kier alpha value is -1.77. The van der Waals surface area contributed by atoms with Gasteiger partial charge in [0, 0.05) is 17.1 Å². The van der Waals surface area contributed by atoms with Gasteiger partial charge in [0.15, 0.2) is 0 Å². The van der Waals surface area contributed by atoms with Crippen molar-refractivity contribution in [3.8, 4) is 0 Å². The van der Waals surface area contributed by atoms with Crippen LogP contribution in [0.3, 0.4) is 0 Å². The van der Waals surface area contributed by atoms with Crippen LogP contribution in [0.15, 0.2) is 30.5 Å². The van der Waals surface area contributed by atoms with Crippen LogP contribution < -0.4 is 0 Å². The molecule has 18 heavy (non-hydrogen) atoms. The molecule has 96 valence electrons. The quantitative estimate of drug-likeness (QED) is 0.821. The van der Waals surface area contributed by atoms with Crippen LogP contribution in [0.5, 0.6) is 0 Å². The molecule has 0 spiro atoms. The molecule has 0 aliphatic carbocycles. The lowest BCUT2D eigenvalue weighted by atomic mass is 10.1. The van der Waals surface area contributed by atoms with Crippen LogP contribution in [0, 0.1) is 5.92 Å². The number of nitrogens with one attached hydrogen (secondary N) is 1. The van der Waals surface area contributed by atoms with E-state index in [2.05, 4.69) is 18.8 Å². The lowest BCUT2D eigenvalue weighted by molar-refractivity contribution is -0.144. The number of esters is 1. The van der Waals surface area contributed by atoms with Gasteiger partial charge in [0.2, 0.25) is 0 Å². The monoisotopic (exact) mass is 245 g/mol. The molecule has 0 unspecified atom stereocenters. The molecule has 0 saturated carbocycles. The molecule has 1 heterocycles. The number of hydrogen-bond donors (Lipinski definition) is 1. The largest absolute Gasteiger partial charge is 0.465 e. The summed E-state index contributed by atoms with van der Waals surface area (Å²) in [6, 6.07) is 7.97. The lowest BCUT2D eigenvalue weighted by Crippen LogP contribution is -2.13. The predicted molar refractivity (Wildman–Crippen MR) is 72.4 cm³/mol. The minimum absolute atomic E-state index is 0.153. The van der Waals surface area contributed by atoms with Crippen molar-refractivity contribution in [2.45, 2.75) is 26.7 Å². The average molecular weight is 245 g/mol. The third kappa shape index (κ3) is 2.92. The summed E-state index contributed by atoms with van der Waals surface area (Å²) >= 11 is 0. The summed E-state index contributed by atoms with van der Waals surface area (Å²) in [6.07, 6.45) is 3.25. The molecule has 1 aromatic heterocycles. The van der Waals surface area contributed by atoms with Crippen molar-refractivity contribution in [3.63, 3.8) is 0 Å². The van der Waals surface area contributed by atoms with Crippen molar-refractivity contribution in [2.24, 2.45) is 5.92 Å². The van der Waals surface area contributed by atoms with Gasteiger partial charge in [-0.15, -0.1) is 0 Å². The molecule has 0 aliphatic rings. The van der Waals surface area contributed by atoms with Crippen LogP contribution in [-0.2, 0) is 16.0 Å². The number of para-hydroxylation sites is 1. The van der Waals surface area contributed by atoms with Gasteiger partial charge in [-0.2, -0.15) is 0 Å². The van der Waals surface area contributed by atoms with Crippen LogP contribution in [0.1, 0.15) is 25.8 Å². The van der Waals surface area contributed by atoms with Crippen LogP contribution >= 0.6 is 0 Å². The van der Waals surface area contributed by atoms with Gasteiger partial charge in [-0.05, 0) is 17.5 Å². The fraction of sp³-hybridized carbons (Fsp3) is 0.400. The van der Waals surface area contributed by atoms with Crippen molar-refractivity contribution in [1.82, 2.24) is 4.98 Å². The molecule has 0 saturated heterocycles. The van der Waals surface area contributed by atoms with Gasteiger partial charge < -0.3 is 9.72 Å². The van der Waals surface area contributed by atoms with E-state index in [9.17, 15) is 4.79 Å². The Labute approximate surface area is 107 Å². The number of fused-ring (bicyclic) bond motifs is 1. The highest BCUT2D eigenvalue weighted by Gasteiger charge is 2.10. The highest BCUT2D eigenvalue weighted by atomic mass is 16.5. The molecule has 3 heteroatoms. The maximum atomic E-state index is 11.7. The summed E-state index contributed by atoms with van der Waals surface area (Å²) in [4.78, 5) is 14.9. The zero-order valence-electron chi connectivity index (χ0n) is 10.9. The van der Waals surface area contributed by atoms with Crippen molar-refractivity contribution < 1.29 is 9.53 Å². The molecule has 2 rings (SSSR count). The summed E-state index contributed by atoms with van der Waals surface area (Å²) in [6.45, 7) is 4.69. The number of hydrogen-bond acceptors (Lipinski definition) is 2. The summed E-state index contributed by atoms with van der Waals surface area (Å²) in [5.74, 6) is 0.275. The Balaban J connectivity index is 1.99. The predicted octanol–water partition coefficient (Wildman–Crippen LogP) is 3.30. The third-order valence-corrected chi connectivity index (χ3v) is 3.24. The summed E-state index contributed by atoms with van der Waals surface area (Å²) in [5.41, 5.74) is 2.06. The Kier molecular flexibility index (Phi) is 4.03. The fourth-order valence-corrected chi connectivity index (χ4v) is 1.84. The van der Waals surface area contributed by atoms with Gasteiger partial charge in [-0.3, -0.25) is 4.79 Å².